The van der Waals surface area contributed by atoms with Crippen molar-refractivity contribution < 1.29 is 13.2 Å². The van der Waals surface area contributed by atoms with Gasteiger partial charge in [-0.15, -0.1) is 0 Å². The maximum absolute atomic E-state index is 12.7. The zero-order chi connectivity index (χ0) is 13.2. The molecule has 100 valence electrons. The Morgan fingerprint density at radius 1 is 1.28 bits per heavy atom. The number of thioether (sulfide) groups is 1. The van der Waals surface area contributed by atoms with E-state index in [2.05, 4.69) is 10.4 Å². The van der Waals surface area contributed by atoms with Crippen molar-refractivity contribution in [3.8, 4) is 0 Å². The van der Waals surface area contributed by atoms with Gasteiger partial charge in [-0.1, -0.05) is 0 Å². The van der Waals surface area contributed by atoms with Gasteiger partial charge in [0.25, 0.3) is 0 Å². The maximum Gasteiger partial charge on any atom is 0.416 e. The van der Waals surface area contributed by atoms with Crippen LogP contribution in [0.1, 0.15) is 5.56 Å². The van der Waals surface area contributed by atoms with Gasteiger partial charge in [0.1, 0.15) is 11.6 Å². The molecule has 8 heteroatoms. The molecule has 1 fully saturated rings. The maximum atomic E-state index is 12.7. The summed E-state index contributed by atoms with van der Waals surface area (Å²) in [6, 6.07) is 1.97. The Hall–Kier alpha value is -1.15. The molecular formula is C10H13F3N4S. The van der Waals surface area contributed by atoms with E-state index in [0.717, 1.165) is 23.6 Å². The highest BCUT2D eigenvalue weighted by Crippen LogP contribution is 2.33. The largest absolute Gasteiger partial charge is 0.416 e. The second-order valence-electron chi connectivity index (χ2n) is 3.84. The molecule has 0 amide bonds. The van der Waals surface area contributed by atoms with Gasteiger partial charge >= 0.3 is 6.18 Å². The van der Waals surface area contributed by atoms with Gasteiger partial charge in [-0.05, 0) is 12.1 Å². The normalized spacial score (nSPS) is 16.8. The van der Waals surface area contributed by atoms with Gasteiger partial charge in [0.05, 0.1) is 5.56 Å². The molecule has 0 spiro atoms. The molecule has 1 aromatic rings. The quantitative estimate of drug-likeness (QED) is 0.639. The summed E-state index contributed by atoms with van der Waals surface area (Å²) in [5.74, 6) is 7.29. The first-order chi connectivity index (χ1) is 8.50. The molecular weight excluding hydrogens is 265 g/mol. The Balaban J connectivity index is 2.34. The third kappa shape index (κ3) is 2.99. The molecule has 0 unspecified atom stereocenters. The molecule has 0 aliphatic carbocycles. The highest BCUT2D eigenvalue weighted by molar-refractivity contribution is 7.99. The Morgan fingerprint density at radius 3 is 2.50 bits per heavy atom. The number of hydrogen-bond donors (Lipinski definition) is 2. The molecule has 1 saturated heterocycles. The topological polar surface area (TPSA) is 54.2 Å². The van der Waals surface area contributed by atoms with E-state index in [0.29, 0.717) is 18.9 Å². The molecule has 1 aromatic heterocycles. The lowest BCUT2D eigenvalue weighted by Gasteiger charge is -2.28. The third-order valence-electron chi connectivity index (χ3n) is 2.62. The van der Waals surface area contributed by atoms with Crippen LogP contribution in [0.3, 0.4) is 0 Å². The highest BCUT2D eigenvalue weighted by atomic mass is 32.2. The van der Waals surface area contributed by atoms with Crippen LogP contribution in [0.2, 0.25) is 0 Å². The minimum Gasteiger partial charge on any atom is -0.355 e. The average molecular weight is 278 g/mol. The Morgan fingerprint density at radius 2 is 1.94 bits per heavy atom. The number of nitrogens with two attached hydrogens (primary N) is 1. The summed E-state index contributed by atoms with van der Waals surface area (Å²) in [6.45, 7) is 1.39. The second kappa shape index (κ2) is 5.23. The lowest BCUT2D eigenvalue weighted by atomic mass is 10.2. The summed E-state index contributed by atoms with van der Waals surface area (Å²) in [4.78, 5) is 5.91. The molecule has 1 aliphatic heterocycles. The number of hydrazine groups is 1. The summed E-state index contributed by atoms with van der Waals surface area (Å²) in [7, 11) is 0. The van der Waals surface area contributed by atoms with E-state index in [1.54, 1.807) is 11.8 Å². The van der Waals surface area contributed by atoms with Crippen molar-refractivity contribution in [2.45, 2.75) is 6.18 Å². The van der Waals surface area contributed by atoms with Crippen molar-refractivity contribution in [3.63, 3.8) is 0 Å². The van der Waals surface area contributed by atoms with E-state index in [4.69, 9.17) is 5.84 Å². The number of nitrogens with zero attached hydrogens (tertiary/aromatic N) is 2. The summed E-state index contributed by atoms with van der Waals surface area (Å²) in [5, 5.41) is 0. The Bertz CT molecular complexity index is 418. The number of nitrogens with one attached hydrogen (secondary N) is 1. The molecule has 0 aromatic carbocycles. The van der Waals surface area contributed by atoms with E-state index < -0.39 is 11.7 Å². The average Bonchev–Trinajstić information content (AvgIpc) is 2.38. The van der Waals surface area contributed by atoms with Gasteiger partial charge < -0.3 is 10.3 Å². The van der Waals surface area contributed by atoms with Crippen molar-refractivity contribution >= 4 is 23.4 Å². The van der Waals surface area contributed by atoms with Crippen LogP contribution in [0.25, 0.3) is 0 Å². The smallest absolute Gasteiger partial charge is 0.355 e. The van der Waals surface area contributed by atoms with Crippen LogP contribution in [0.5, 0.6) is 0 Å². The van der Waals surface area contributed by atoms with Crippen molar-refractivity contribution in [1.82, 2.24) is 4.98 Å². The fourth-order valence-electron chi connectivity index (χ4n) is 1.71. The first-order valence-corrected chi connectivity index (χ1v) is 6.55. The van der Waals surface area contributed by atoms with Gasteiger partial charge in [-0.3, -0.25) is 0 Å². The predicted molar refractivity (Wildman–Crippen MR) is 66.6 cm³/mol. The fourth-order valence-corrected chi connectivity index (χ4v) is 2.61. The Kier molecular flexibility index (Phi) is 3.86. The predicted octanol–water partition coefficient (Wildman–Crippen LogP) is 1.94. The molecule has 3 N–H and O–H groups in total. The number of aromatic nitrogens is 1. The lowest BCUT2D eigenvalue weighted by Crippen LogP contribution is -2.33. The van der Waals surface area contributed by atoms with E-state index in [-0.39, 0.29) is 5.82 Å². The zero-order valence-corrected chi connectivity index (χ0v) is 10.3. The SMILES string of the molecule is NNc1cc(C(F)(F)F)cc(N2CCSCC2)n1. The summed E-state index contributed by atoms with van der Waals surface area (Å²) < 4.78 is 38.2. The summed E-state index contributed by atoms with van der Waals surface area (Å²) in [5.41, 5.74) is 1.44. The second-order valence-corrected chi connectivity index (χ2v) is 5.07. The first-order valence-electron chi connectivity index (χ1n) is 5.39. The van der Waals surface area contributed by atoms with Gasteiger partial charge in [0.15, 0.2) is 0 Å². The van der Waals surface area contributed by atoms with E-state index >= 15 is 0 Å². The monoisotopic (exact) mass is 278 g/mol. The number of rotatable bonds is 2. The van der Waals surface area contributed by atoms with Crippen LogP contribution in [-0.4, -0.2) is 29.6 Å². The number of pyridine rings is 1. The number of halogens is 3. The van der Waals surface area contributed by atoms with Crippen molar-refractivity contribution in [2.75, 3.05) is 34.9 Å². The van der Waals surface area contributed by atoms with Gasteiger partial charge in [-0.25, -0.2) is 10.8 Å². The molecule has 2 rings (SSSR count). The van der Waals surface area contributed by atoms with Crippen LogP contribution in [-0.2, 0) is 6.18 Å². The van der Waals surface area contributed by atoms with E-state index in [1.165, 1.54) is 0 Å². The van der Waals surface area contributed by atoms with Crippen molar-refractivity contribution in [3.05, 3.63) is 17.7 Å². The molecule has 0 bridgehead atoms. The van der Waals surface area contributed by atoms with E-state index in [9.17, 15) is 13.2 Å². The minimum atomic E-state index is -4.40. The van der Waals surface area contributed by atoms with Crippen LogP contribution >= 0.6 is 11.8 Å². The van der Waals surface area contributed by atoms with Crippen LogP contribution < -0.4 is 16.2 Å². The van der Waals surface area contributed by atoms with Gasteiger partial charge in [-0.2, -0.15) is 24.9 Å². The number of anilines is 2. The molecule has 0 radical (unpaired) electrons. The van der Waals surface area contributed by atoms with E-state index in [1.807, 2.05) is 4.90 Å². The fraction of sp³-hybridized carbons (Fsp3) is 0.500. The standard InChI is InChI=1S/C10H13F3N4S/c11-10(12,13)7-5-8(16-14)15-9(6-7)17-1-3-18-4-2-17/h5-6H,1-4,14H2,(H,15,16). The summed E-state index contributed by atoms with van der Waals surface area (Å²) in [6.07, 6.45) is -4.40. The molecule has 0 saturated carbocycles. The molecule has 4 nitrogen and oxygen atoms in total. The summed E-state index contributed by atoms with van der Waals surface area (Å²) >= 11 is 1.78. The number of hydrogen-bond acceptors (Lipinski definition) is 5. The minimum absolute atomic E-state index is 0.0260. The van der Waals surface area contributed by atoms with Crippen molar-refractivity contribution in [1.29, 1.82) is 0 Å². The molecule has 2 heterocycles. The molecule has 18 heavy (non-hydrogen) atoms. The molecule has 0 atom stereocenters. The number of alkyl halides is 3. The highest BCUT2D eigenvalue weighted by Gasteiger charge is 2.32. The number of nitrogen functional groups attached to an aromatic ring is 1. The first kappa shape index (κ1) is 13.3. The van der Waals surface area contributed by atoms with Gasteiger partial charge in [0.2, 0.25) is 0 Å². The van der Waals surface area contributed by atoms with Crippen molar-refractivity contribution in [2.24, 2.45) is 5.84 Å². The van der Waals surface area contributed by atoms with Crippen LogP contribution in [0.4, 0.5) is 24.8 Å². The third-order valence-corrected chi connectivity index (χ3v) is 3.56. The van der Waals surface area contributed by atoms with Crippen LogP contribution in [0, 0.1) is 0 Å². The lowest BCUT2D eigenvalue weighted by molar-refractivity contribution is -0.137. The van der Waals surface area contributed by atoms with Gasteiger partial charge in [0, 0.05) is 24.6 Å². The van der Waals surface area contributed by atoms with Crippen LogP contribution in [0.15, 0.2) is 12.1 Å². The molecule has 1 aliphatic rings. The zero-order valence-electron chi connectivity index (χ0n) is 9.50. The Labute approximate surface area is 107 Å².